The maximum atomic E-state index is 13.1. The van der Waals surface area contributed by atoms with E-state index in [1.54, 1.807) is 41.3 Å². The number of carbonyl (C=O) groups is 1. The molecule has 0 bridgehead atoms. The fourth-order valence-corrected chi connectivity index (χ4v) is 3.44. The number of hydrogen-bond acceptors (Lipinski definition) is 4. The summed E-state index contributed by atoms with van der Waals surface area (Å²) in [5, 5.41) is 7.42. The Morgan fingerprint density at radius 2 is 2.07 bits per heavy atom. The molecule has 0 radical (unpaired) electrons. The molecule has 1 aliphatic rings. The van der Waals surface area contributed by atoms with Crippen LogP contribution < -0.4 is 5.32 Å². The highest BCUT2D eigenvalue weighted by Gasteiger charge is 2.28. The summed E-state index contributed by atoms with van der Waals surface area (Å²) >= 11 is 5.97. The van der Waals surface area contributed by atoms with Crippen molar-refractivity contribution in [2.45, 2.75) is 18.8 Å². The van der Waals surface area contributed by atoms with Gasteiger partial charge in [0, 0.05) is 29.4 Å². The van der Waals surface area contributed by atoms with Crippen LogP contribution in [0.3, 0.4) is 0 Å². The van der Waals surface area contributed by atoms with Gasteiger partial charge in [-0.1, -0.05) is 22.8 Å². The van der Waals surface area contributed by atoms with Crippen LogP contribution in [0.25, 0.3) is 11.4 Å². The van der Waals surface area contributed by atoms with Gasteiger partial charge in [-0.3, -0.25) is 0 Å². The normalized spacial score (nSPS) is 16.8. The van der Waals surface area contributed by atoms with Gasteiger partial charge in [0.05, 0.1) is 5.92 Å². The molecule has 4 rings (SSSR count). The third kappa shape index (κ3) is 4.14. The van der Waals surface area contributed by atoms with Gasteiger partial charge >= 0.3 is 6.03 Å². The van der Waals surface area contributed by atoms with Crippen LogP contribution in [0.15, 0.2) is 53.1 Å². The lowest BCUT2D eigenvalue weighted by Crippen LogP contribution is -2.41. The maximum absolute atomic E-state index is 13.1. The van der Waals surface area contributed by atoms with Gasteiger partial charge in [0.15, 0.2) is 0 Å². The highest BCUT2D eigenvalue weighted by atomic mass is 35.5. The lowest BCUT2D eigenvalue weighted by atomic mass is 9.98. The van der Waals surface area contributed by atoms with Crippen LogP contribution >= 0.6 is 11.6 Å². The molecule has 1 fully saturated rings. The second-order valence-electron chi connectivity index (χ2n) is 6.69. The van der Waals surface area contributed by atoms with Crippen molar-refractivity contribution in [3.05, 3.63) is 65.3 Å². The van der Waals surface area contributed by atoms with Crippen molar-refractivity contribution in [2.24, 2.45) is 0 Å². The van der Waals surface area contributed by atoms with Gasteiger partial charge < -0.3 is 14.7 Å². The number of carbonyl (C=O) groups excluding carboxylic acids is 1. The van der Waals surface area contributed by atoms with Gasteiger partial charge in [0.25, 0.3) is 0 Å². The molecule has 6 nitrogen and oxygen atoms in total. The van der Waals surface area contributed by atoms with Gasteiger partial charge in [-0.05, 0) is 55.3 Å². The molecule has 1 N–H and O–H groups in total. The Bertz CT molecular complexity index is 976. The van der Waals surface area contributed by atoms with Crippen molar-refractivity contribution in [2.75, 3.05) is 18.4 Å². The number of hydrogen-bond donors (Lipinski definition) is 1. The summed E-state index contributed by atoms with van der Waals surface area (Å²) < 4.78 is 18.5. The highest BCUT2D eigenvalue weighted by molar-refractivity contribution is 6.30. The monoisotopic (exact) mass is 400 g/mol. The fourth-order valence-electron chi connectivity index (χ4n) is 3.25. The van der Waals surface area contributed by atoms with E-state index in [0.29, 0.717) is 41.1 Å². The molecule has 8 heteroatoms. The molecule has 144 valence electrons. The average Bonchev–Trinajstić information content (AvgIpc) is 3.19. The molecule has 1 aliphatic heterocycles. The van der Waals surface area contributed by atoms with E-state index in [4.69, 9.17) is 16.1 Å². The third-order valence-corrected chi connectivity index (χ3v) is 4.91. The van der Waals surface area contributed by atoms with Crippen LogP contribution in [0.1, 0.15) is 24.7 Å². The molecule has 1 aromatic heterocycles. The molecule has 1 saturated heterocycles. The molecule has 1 unspecified atom stereocenters. The Hall–Kier alpha value is -2.93. The number of rotatable bonds is 3. The molecule has 28 heavy (non-hydrogen) atoms. The lowest BCUT2D eigenvalue weighted by molar-refractivity contribution is 0.184. The molecule has 0 spiro atoms. The van der Waals surface area contributed by atoms with Crippen molar-refractivity contribution in [3.8, 4) is 11.4 Å². The van der Waals surface area contributed by atoms with E-state index in [-0.39, 0.29) is 17.8 Å². The second kappa shape index (κ2) is 7.98. The minimum atomic E-state index is -0.318. The molecule has 1 atom stereocenters. The smallest absolute Gasteiger partial charge is 0.321 e. The lowest BCUT2D eigenvalue weighted by Gasteiger charge is -2.31. The van der Waals surface area contributed by atoms with E-state index in [1.807, 2.05) is 0 Å². The topological polar surface area (TPSA) is 71.3 Å². The molecule has 3 aromatic rings. The number of anilines is 1. The first-order valence-corrected chi connectivity index (χ1v) is 9.37. The summed E-state index contributed by atoms with van der Waals surface area (Å²) in [4.78, 5) is 18.8. The Kier molecular flexibility index (Phi) is 5.25. The molecule has 2 heterocycles. The van der Waals surface area contributed by atoms with Crippen LogP contribution in [-0.4, -0.2) is 34.2 Å². The Balaban J connectivity index is 1.43. The van der Waals surface area contributed by atoms with Crippen LogP contribution in [0.5, 0.6) is 0 Å². The van der Waals surface area contributed by atoms with E-state index in [0.717, 1.165) is 12.8 Å². The minimum absolute atomic E-state index is 0.0411. The predicted octanol–water partition coefficient (Wildman–Crippen LogP) is 4.94. The molecule has 2 aromatic carbocycles. The average molecular weight is 401 g/mol. The van der Waals surface area contributed by atoms with Crippen molar-refractivity contribution in [3.63, 3.8) is 0 Å². The third-order valence-electron chi connectivity index (χ3n) is 4.68. The number of aromatic nitrogens is 2. The number of nitrogens with one attached hydrogen (secondary N) is 1. The van der Waals surface area contributed by atoms with Crippen LogP contribution in [0.4, 0.5) is 14.9 Å². The minimum Gasteiger partial charge on any atom is -0.339 e. The SMILES string of the molecule is O=C(Nc1cccc(Cl)c1)N1CCCC(c2nc(-c3ccc(F)cc3)no2)C1. The number of halogens is 2. The van der Waals surface area contributed by atoms with Crippen molar-refractivity contribution in [1.82, 2.24) is 15.0 Å². The van der Waals surface area contributed by atoms with Gasteiger partial charge in [-0.15, -0.1) is 0 Å². The number of benzene rings is 2. The summed E-state index contributed by atoms with van der Waals surface area (Å²) in [6.45, 7) is 1.14. The number of amides is 2. The van der Waals surface area contributed by atoms with Crippen molar-refractivity contribution in [1.29, 1.82) is 0 Å². The van der Waals surface area contributed by atoms with Gasteiger partial charge in [-0.2, -0.15) is 4.98 Å². The molecule has 2 amide bonds. The standard InChI is InChI=1S/C20H18ClFN4O2/c21-15-4-1-5-17(11-15)23-20(27)26-10-2-3-14(12-26)19-24-18(25-28-19)13-6-8-16(22)9-7-13/h1,4-9,11,14H,2-3,10,12H2,(H,23,27). The first-order chi connectivity index (χ1) is 13.6. The van der Waals surface area contributed by atoms with Crippen molar-refractivity contribution >= 4 is 23.3 Å². The zero-order valence-electron chi connectivity index (χ0n) is 14.9. The first kappa shape index (κ1) is 18.4. The number of nitrogens with zero attached hydrogens (tertiary/aromatic N) is 3. The summed E-state index contributed by atoms with van der Waals surface area (Å²) in [7, 11) is 0. The van der Waals surface area contributed by atoms with Gasteiger partial charge in [-0.25, -0.2) is 9.18 Å². The quantitative estimate of drug-likeness (QED) is 0.675. The molecule has 0 aliphatic carbocycles. The zero-order chi connectivity index (χ0) is 19.5. The number of piperidine rings is 1. The van der Waals surface area contributed by atoms with Crippen LogP contribution in [-0.2, 0) is 0 Å². The zero-order valence-corrected chi connectivity index (χ0v) is 15.7. The molecule has 0 saturated carbocycles. The Morgan fingerprint density at radius 1 is 1.25 bits per heavy atom. The number of likely N-dealkylation sites (tertiary alicyclic amines) is 1. The van der Waals surface area contributed by atoms with E-state index in [2.05, 4.69) is 15.5 Å². The second-order valence-corrected chi connectivity index (χ2v) is 7.13. The predicted molar refractivity (Wildman–Crippen MR) is 104 cm³/mol. The van der Waals surface area contributed by atoms with E-state index < -0.39 is 0 Å². The molecular formula is C20H18ClFN4O2. The summed E-state index contributed by atoms with van der Waals surface area (Å²) in [5.74, 6) is 0.539. The fraction of sp³-hybridized carbons (Fsp3) is 0.250. The maximum Gasteiger partial charge on any atom is 0.321 e. The molecular weight excluding hydrogens is 383 g/mol. The largest absolute Gasteiger partial charge is 0.339 e. The van der Waals surface area contributed by atoms with Gasteiger partial charge in [0.2, 0.25) is 11.7 Å². The Labute approximate surface area is 166 Å². The van der Waals surface area contributed by atoms with E-state index in [9.17, 15) is 9.18 Å². The number of urea groups is 1. The van der Waals surface area contributed by atoms with Crippen molar-refractivity contribution < 1.29 is 13.7 Å². The van der Waals surface area contributed by atoms with E-state index >= 15 is 0 Å². The van der Waals surface area contributed by atoms with E-state index in [1.165, 1.54) is 12.1 Å². The summed E-state index contributed by atoms with van der Waals surface area (Å²) in [6, 6.07) is 12.8. The van der Waals surface area contributed by atoms with Gasteiger partial charge in [0.1, 0.15) is 5.82 Å². The summed E-state index contributed by atoms with van der Waals surface area (Å²) in [5.41, 5.74) is 1.33. The van der Waals surface area contributed by atoms with Crippen LogP contribution in [0, 0.1) is 5.82 Å². The van der Waals surface area contributed by atoms with Crippen LogP contribution in [0.2, 0.25) is 5.02 Å². The highest BCUT2D eigenvalue weighted by Crippen LogP contribution is 2.28. The first-order valence-electron chi connectivity index (χ1n) is 8.99. The Morgan fingerprint density at radius 3 is 2.86 bits per heavy atom. The summed E-state index contributed by atoms with van der Waals surface area (Å²) in [6.07, 6.45) is 1.69.